The van der Waals surface area contributed by atoms with Gasteiger partial charge in [0.1, 0.15) is 18.4 Å². The molecule has 7 atom stereocenters. The van der Waals surface area contributed by atoms with Crippen LogP contribution in [0.25, 0.3) is 0 Å². The fraction of sp³-hybridized carbons (Fsp3) is 0.750. The summed E-state index contributed by atoms with van der Waals surface area (Å²) in [4.78, 5) is 58.8. The highest BCUT2D eigenvalue weighted by Gasteiger charge is 2.39. The van der Waals surface area contributed by atoms with Gasteiger partial charge in [0.05, 0.1) is 25.4 Å². The monoisotopic (exact) mass is 912 g/mol. The summed E-state index contributed by atoms with van der Waals surface area (Å²) in [7, 11) is -4.80. The first kappa shape index (κ1) is 58.0. The summed E-state index contributed by atoms with van der Waals surface area (Å²) in [5.74, 6) is -3.47. The SMILES string of the molecule is CCCCC/C=C\C/C=C\CCCCCCCCCCCC(=O)OC[C@H](COP(=O)(O)OC[C@H](N)C(=O)O)OC(=O)CCC/C=C\C[C@H]1[C@@H](O)CC(=O)[C@@H]1/C=C/[C@@H](O)CCCCC. The van der Waals surface area contributed by atoms with Crippen molar-refractivity contribution in [2.45, 2.75) is 199 Å². The summed E-state index contributed by atoms with van der Waals surface area (Å²) >= 11 is 0. The second kappa shape index (κ2) is 37.3. The zero-order valence-electron chi connectivity index (χ0n) is 38.4. The Balaban J connectivity index is 2.45. The molecule has 1 fully saturated rings. The maximum absolute atomic E-state index is 12.8. The number of nitrogens with two attached hydrogens (primary N) is 1. The van der Waals surface area contributed by atoms with E-state index in [0.29, 0.717) is 32.1 Å². The third kappa shape index (κ3) is 31.5. The maximum atomic E-state index is 12.8. The van der Waals surface area contributed by atoms with E-state index in [4.69, 9.17) is 24.8 Å². The van der Waals surface area contributed by atoms with E-state index in [1.165, 1.54) is 51.4 Å². The van der Waals surface area contributed by atoms with Crippen molar-refractivity contribution in [3.63, 3.8) is 0 Å². The molecule has 0 spiro atoms. The lowest BCUT2D eigenvalue weighted by atomic mass is 9.90. The number of aliphatic carboxylic acids is 1. The molecule has 0 aromatic rings. The van der Waals surface area contributed by atoms with Gasteiger partial charge in [-0.3, -0.25) is 28.2 Å². The van der Waals surface area contributed by atoms with Gasteiger partial charge in [0.25, 0.3) is 0 Å². The molecule has 14 nitrogen and oxygen atoms in total. The van der Waals surface area contributed by atoms with Gasteiger partial charge >= 0.3 is 25.7 Å². The Labute approximate surface area is 377 Å². The number of allylic oxidation sites excluding steroid dienone is 7. The van der Waals surface area contributed by atoms with Crippen LogP contribution in [0.2, 0.25) is 0 Å². The molecule has 0 aliphatic heterocycles. The van der Waals surface area contributed by atoms with Crippen LogP contribution in [0.3, 0.4) is 0 Å². The third-order valence-corrected chi connectivity index (χ3v) is 11.9. The van der Waals surface area contributed by atoms with Crippen LogP contribution >= 0.6 is 7.82 Å². The molecule has 0 saturated heterocycles. The standard InChI is InChI=1S/C48H82NO13P/c1-3-5-7-8-9-10-11-12-13-14-15-16-17-18-19-20-21-22-27-31-46(53)59-36-40(37-60-63(57,58)61-38-43(49)48(55)56)62-47(54)32-28-24-23-26-30-41-42(45(52)35-44(41)51)34-33-39(50)29-25-6-4-2/h9-10,12-13,23,26,33-34,39-44,50-51H,3-8,11,14-22,24-25,27-32,35-38,49H2,1-2H3,(H,55,56)(H,57,58)/b10-9-,13-12-,26-23-,34-33+/t39-,40+,41+,42+,43-,44-/m0/s1. The normalized spacial score (nSPS) is 19.3. The molecule has 362 valence electrons. The number of carboxylic acids is 1. The Morgan fingerprint density at radius 2 is 1.30 bits per heavy atom. The van der Waals surface area contributed by atoms with Gasteiger partial charge in [0.2, 0.25) is 0 Å². The molecule has 1 rings (SSSR count). The molecule has 1 aliphatic rings. The van der Waals surface area contributed by atoms with Crippen molar-refractivity contribution in [2.24, 2.45) is 17.6 Å². The van der Waals surface area contributed by atoms with Crippen LogP contribution in [-0.4, -0.2) is 88.1 Å². The van der Waals surface area contributed by atoms with E-state index >= 15 is 0 Å². The Morgan fingerprint density at radius 1 is 0.746 bits per heavy atom. The molecular formula is C48H82NO13P. The number of hydrogen-bond donors (Lipinski definition) is 5. The number of aliphatic hydroxyl groups excluding tert-OH is 2. The van der Waals surface area contributed by atoms with Gasteiger partial charge in [0, 0.05) is 31.1 Å². The topological polar surface area (TPSA) is 229 Å². The van der Waals surface area contributed by atoms with E-state index in [1.807, 2.05) is 12.2 Å². The highest BCUT2D eigenvalue weighted by molar-refractivity contribution is 7.47. The van der Waals surface area contributed by atoms with Crippen molar-refractivity contribution >= 4 is 31.5 Å². The van der Waals surface area contributed by atoms with Crippen molar-refractivity contribution < 1.29 is 62.5 Å². The number of carbonyl (C=O) groups is 4. The maximum Gasteiger partial charge on any atom is 0.472 e. The first-order valence-corrected chi connectivity index (χ1v) is 25.3. The Hall–Kier alpha value is -2.97. The Bertz CT molecular complexity index is 1420. The minimum absolute atomic E-state index is 0.0317. The van der Waals surface area contributed by atoms with E-state index in [1.54, 1.807) is 12.2 Å². The number of aliphatic hydroxyl groups is 2. The average molecular weight is 912 g/mol. The summed E-state index contributed by atoms with van der Waals surface area (Å²) in [5.41, 5.74) is 5.33. The van der Waals surface area contributed by atoms with E-state index in [2.05, 4.69) is 42.7 Å². The molecule has 1 unspecified atom stereocenters. The van der Waals surface area contributed by atoms with E-state index in [9.17, 15) is 38.8 Å². The molecule has 15 heteroatoms. The zero-order valence-corrected chi connectivity index (χ0v) is 39.3. The summed E-state index contributed by atoms with van der Waals surface area (Å²) in [5, 5.41) is 29.7. The number of Topliss-reactive ketones (excluding diaryl/α,β-unsaturated/α-hetero) is 1. The van der Waals surface area contributed by atoms with Gasteiger partial charge in [-0.05, 0) is 64.2 Å². The summed E-state index contributed by atoms with van der Waals surface area (Å²) in [6.45, 7) is 2.40. The van der Waals surface area contributed by atoms with Gasteiger partial charge in [-0.25, -0.2) is 4.57 Å². The summed E-state index contributed by atoms with van der Waals surface area (Å²) in [6, 6.07) is -1.57. The predicted octanol–water partition coefficient (Wildman–Crippen LogP) is 9.54. The number of carboxylic acid groups (broad SMARTS) is 1. The van der Waals surface area contributed by atoms with Gasteiger partial charge in [-0.2, -0.15) is 0 Å². The fourth-order valence-corrected chi connectivity index (χ4v) is 7.85. The first-order valence-electron chi connectivity index (χ1n) is 23.8. The highest BCUT2D eigenvalue weighted by atomic mass is 31.2. The number of esters is 2. The van der Waals surface area contributed by atoms with Crippen molar-refractivity contribution in [1.29, 1.82) is 0 Å². The van der Waals surface area contributed by atoms with Crippen molar-refractivity contribution in [3.8, 4) is 0 Å². The molecule has 0 heterocycles. The van der Waals surface area contributed by atoms with Gasteiger partial charge in [0.15, 0.2) is 6.10 Å². The number of unbranched alkanes of at least 4 members (excludes halogenated alkanes) is 15. The number of phosphoric ester groups is 1. The third-order valence-electron chi connectivity index (χ3n) is 10.9. The van der Waals surface area contributed by atoms with Crippen LogP contribution in [0.5, 0.6) is 0 Å². The molecule has 0 aromatic heterocycles. The van der Waals surface area contributed by atoms with Gasteiger partial charge in [-0.15, -0.1) is 0 Å². The van der Waals surface area contributed by atoms with Crippen molar-refractivity contribution in [2.75, 3.05) is 19.8 Å². The van der Waals surface area contributed by atoms with Crippen LogP contribution in [0.4, 0.5) is 0 Å². The van der Waals surface area contributed by atoms with Gasteiger partial charge < -0.3 is 35.4 Å². The van der Waals surface area contributed by atoms with E-state index < -0.39 is 75.8 Å². The number of hydrogen-bond acceptors (Lipinski definition) is 12. The molecule has 6 N–H and O–H groups in total. The largest absolute Gasteiger partial charge is 0.480 e. The van der Waals surface area contributed by atoms with Crippen LogP contribution in [0, 0.1) is 11.8 Å². The van der Waals surface area contributed by atoms with Crippen molar-refractivity contribution in [1.82, 2.24) is 0 Å². The molecule has 1 aliphatic carbocycles. The average Bonchev–Trinajstić information content (AvgIpc) is 3.52. The molecular weight excluding hydrogens is 829 g/mol. The second-order valence-electron chi connectivity index (χ2n) is 16.7. The molecule has 0 aromatic carbocycles. The number of rotatable bonds is 40. The molecule has 0 bridgehead atoms. The summed E-state index contributed by atoms with van der Waals surface area (Å²) < 4.78 is 32.7. The Morgan fingerprint density at radius 3 is 1.95 bits per heavy atom. The molecule has 0 amide bonds. The minimum Gasteiger partial charge on any atom is -0.480 e. The lowest BCUT2D eigenvalue weighted by Crippen LogP contribution is -2.34. The fourth-order valence-electron chi connectivity index (χ4n) is 7.08. The second-order valence-corrected chi connectivity index (χ2v) is 18.1. The number of carbonyl (C=O) groups excluding carboxylic acids is 3. The van der Waals surface area contributed by atoms with Gasteiger partial charge in [-0.1, -0.05) is 140 Å². The van der Waals surface area contributed by atoms with E-state index in [-0.39, 0.29) is 31.0 Å². The zero-order chi connectivity index (χ0) is 46.6. The smallest absolute Gasteiger partial charge is 0.472 e. The van der Waals surface area contributed by atoms with E-state index in [0.717, 1.165) is 57.8 Å². The molecule has 63 heavy (non-hydrogen) atoms. The minimum atomic E-state index is -4.80. The number of ether oxygens (including phenoxy) is 2. The lowest BCUT2D eigenvalue weighted by molar-refractivity contribution is -0.161. The predicted molar refractivity (Wildman–Crippen MR) is 246 cm³/mol. The highest BCUT2D eigenvalue weighted by Crippen LogP contribution is 2.43. The van der Waals surface area contributed by atoms with Crippen LogP contribution < -0.4 is 5.73 Å². The Kier molecular flexibility index (Phi) is 34.3. The molecule has 0 radical (unpaired) electrons. The lowest BCUT2D eigenvalue weighted by Gasteiger charge is -2.20. The number of ketones is 1. The first-order chi connectivity index (χ1) is 30.3. The van der Waals surface area contributed by atoms with Crippen LogP contribution in [0.15, 0.2) is 48.6 Å². The summed E-state index contributed by atoms with van der Waals surface area (Å²) in [6.07, 6.45) is 35.4. The van der Waals surface area contributed by atoms with Crippen LogP contribution in [-0.2, 0) is 42.3 Å². The quantitative estimate of drug-likeness (QED) is 0.0167. The number of phosphoric acid groups is 1. The van der Waals surface area contributed by atoms with Crippen molar-refractivity contribution in [3.05, 3.63) is 48.6 Å². The van der Waals surface area contributed by atoms with Crippen LogP contribution in [0.1, 0.15) is 174 Å². The molecule has 1 saturated carbocycles.